The quantitative estimate of drug-likeness (QED) is 0.362. The van der Waals surface area contributed by atoms with Crippen molar-refractivity contribution in [1.82, 2.24) is 14.4 Å². The predicted octanol–water partition coefficient (Wildman–Crippen LogP) is 5.38. The van der Waals surface area contributed by atoms with Crippen molar-refractivity contribution >= 4 is 34.9 Å². The van der Waals surface area contributed by atoms with Gasteiger partial charge in [-0.25, -0.2) is 9.97 Å². The van der Waals surface area contributed by atoms with Crippen molar-refractivity contribution in [2.24, 2.45) is 0 Å². The third-order valence-corrected chi connectivity index (χ3v) is 7.28. The van der Waals surface area contributed by atoms with Crippen LogP contribution in [-0.2, 0) is 15.5 Å². The zero-order valence-electron chi connectivity index (χ0n) is 21.5. The molecule has 1 atom stereocenters. The number of rotatable bonds is 5. The Morgan fingerprint density at radius 3 is 2.43 bits per heavy atom. The molecular weight excluding hydrogens is 484 g/mol. The first-order valence-corrected chi connectivity index (χ1v) is 11.9. The van der Waals surface area contributed by atoms with Gasteiger partial charge >= 0.3 is 13.3 Å². The molecule has 1 aliphatic heterocycles. The molecule has 2 aromatic heterocycles. The van der Waals surface area contributed by atoms with Crippen molar-refractivity contribution in [1.29, 1.82) is 0 Å². The summed E-state index contributed by atoms with van der Waals surface area (Å²) in [6.07, 6.45) is -1.15. The highest BCUT2D eigenvalue weighted by atomic mass is 19.4. The molecule has 7 nitrogen and oxygen atoms in total. The summed E-state index contributed by atoms with van der Waals surface area (Å²) >= 11 is 0. The second-order valence-corrected chi connectivity index (χ2v) is 10.3. The number of alkyl halides is 3. The van der Waals surface area contributed by atoms with Gasteiger partial charge in [0.05, 0.1) is 35.6 Å². The van der Waals surface area contributed by atoms with Crippen LogP contribution in [0.2, 0.25) is 0 Å². The Morgan fingerprint density at radius 1 is 1.08 bits per heavy atom. The molecule has 1 fully saturated rings. The molecule has 1 unspecified atom stereocenters. The standard InChI is InChI=1S/C26H28BF3N4O3/c1-15(16-8-7-9-17(10-16)26(28,29)30)32-23-18-11-19(27-36-24(2,3)25(4,5)37-27)21(35-6)12-20(18)34-14-31-13-22(34)33-23/h7-15H,1-6H3,(H,32,33). The van der Waals surface area contributed by atoms with Crippen LogP contribution in [0.25, 0.3) is 16.6 Å². The molecule has 0 radical (unpaired) electrons. The summed E-state index contributed by atoms with van der Waals surface area (Å²) < 4.78 is 60.0. The predicted molar refractivity (Wildman–Crippen MR) is 136 cm³/mol. The lowest BCUT2D eigenvalue weighted by Crippen LogP contribution is -2.41. The first kappa shape index (κ1) is 25.3. The molecule has 3 heterocycles. The molecule has 1 N–H and O–H groups in total. The Labute approximate surface area is 213 Å². The number of benzene rings is 2. The molecule has 2 aromatic carbocycles. The maximum atomic E-state index is 13.3. The Hall–Kier alpha value is -3.31. The summed E-state index contributed by atoms with van der Waals surface area (Å²) in [5, 5.41) is 4.02. The van der Waals surface area contributed by atoms with E-state index in [1.54, 1.807) is 32.6 Å². The van der Waals surface area contributed by atoms with Gasteiger partial charge < -0.3 is 19.4 Å². The van der Waals surface area contributed by atoms with E-state index in [0.29, 0.717) is 28.2 Å². The number of fused-ring (bicyclic) bond motifs is 3. The number of nitrogens with zero attached hydrogens (tertiary/aromatic N) is 3. The Balaban J connectivity index is 1.62. The van der Waals surface area contributed by atoms with Gasteiger partial charge in [0.1, 0.15) is 17.9 Å². The van der Waals surface area contributed by atoms with Crippen LogP contribution in [0.1, 0.15) is 51.8 Å². The first-order chi connectivity index (χ1) is 17.3. The average Bonchev–Trinajstić information content (AvgIpc) is 3.38. The smallest absolute Gasteiger partial charge is 0.497 e. The van der Waals surface area contributed by atoms with Gasteiger partial charge in [-0.2, -0.15) is 13.2 Å². The number of methoxy groups -OCH3 is 1. The minimum Gasteiger partial charge on any atom is -0.497 e. The van der Waals surface area contributed by atoms with E-state index >= 15 is 0 Å². The van der Waals surface area contributed by atoms with E-state index in [2.05, 4.69) is 10.3 Å². The third kappa shape index (κ3) is 4.40. The van der Waals surface area contributed by atoms with Crippen LogP contribution >= 0.6 is 0 Å². The van der Waals surface area contributed by atoms with E-state index in [4.69, 9.17) is 19.0 Å². The van der Waals surface area contributed by atoms with Crippen LogP contribution in [0.5, 0.6) is 5.75 Å². The lowest BCUT2D eigenvalue weighted by Gasteiger charge is -2.32. The molecule has 4 aromatic rings. The maximum Gasteiger partial charge on any atom is 0.498 e. The summed E-state index contributed by atoms with van der Waals surface area (Å²) in [4.78, 5) is 8.94. The molecule has 1 saturated heterocycles. The summed E-state index contributed by atoms with van der Waals surface area (Å²) in [7, 11) is 0.897. The van der Waals surface area contributed by atoms with Crippen molar-refractivity contribution < 1.29 is 27.2 Å². The molecular formula is C26H28BF3N4O3. The molecule has 194 valence electrons. The normalized spacial score (nSPS) is 17.9. The highest BCUT2D eigenvalue weighted by Crippen LogP contribution is 2.38. The van der Waals surface area contributed by atoms with Crippen LogP contribution < -0.4 is 15.5 Å². The third-order valence-electron chi connectivity index (χ3n) is 7.28. The number of aromatic nitrogens is 3. The van der Waals surface area contributed by atoms with E-state index < -0.39 is 36.1 Å². The van der Waals surface area contributed by atoms with Gasteiger partial charge in [0.2, 0.25) is 0 Å². The summed E-state index contributed by atoms with van der Waals surface area (Å²) in [5.74, 6) is 1.07. The van der Waals surface area contributed by atoms with Gasteiger partial charge in [0, 0.05) is 23.0 Å². The number of anilines is 1. The minimum absolute atomic E-state index is 0.467. The van der Waals surface area contributed by atoms with Gasteiger partial charge in [-0.1, -0.05) is 12.1 Å². The molecule has 0 amide bonds. The van der Waals surface area contributed by atoms with Crippen LogP contribution in [0, 0.1) is 0 Å². The molecule has 37 heavy (non-hydrogen) atoms. The monoisotopic (exact) mass is 512 g/mol. The van der Waals surface area contributed by atoms with Crippen molar-refractivity contribution in [2.45, 2.75) is 58.0 Å². The highest BCUT2D eigenvalue weighted by Gasteiger charge is 2.52. The molecule has 0 aliphatic carbocycles. The maximum absolute atomic E-state index is 13.3. The topological polar surface area (TPSA) is 69.9 Å². The number of nitrogens with one attached hydrogen (secondary N) is 1. The van der Waals surface area contributed by atoms with Gasteiger partial charge in [0.25, 0.3) is 0 Å². The zero-order chi connectivity index (χ0) is 26.8. The van der Waals surface area contributed by atoms with E-state index in [9.17, 15) is 13.2 Å². The van der Waals surface area contributed by atoms with Gasteiger partial charge in [-0.15, -0.1) is 0 Å². The Morgan fingerprint density at radius 2 is 1.78 bits per heavy atom. The highest BCUT2D eigenvalue weighted by molar-refractivity contribution is 6.63. The fourth-order valence-electron chi connectivity index (χ4n) is 4.42. The second-order valence-electron chi connectivity index (χ2n) is 10.3. The van der Waals surface area contributed by atoms with Crippen molar-refractivity contribution in [3.63, 3.8) is 0 Å². The van der Waals surface area contributed by atoms with Gasteiger partial charge in [-0.05, 0) is 58.4 Å². The lowest BCUT2D eigenvalue weighted by molar-refractivity contribution is -0.137. The van der Waals surface area contributed by atoms with Crippen LogP contribution in [0.3, 0.4) is 0 Å². The number of imidazole rings is 1. The largest absolute Gasteiger partial charge is 0.498 e. The number of hydrogen-bond acceptors (Lipinski definition) is 6. The molecule has 1 aliphatic rings. The Bertz CT molecular complexity index is 1470. The van der Waals surface area contributed by atoms with E-state index in [0.717, 1.165) is 23.0 Å². The molecule has 0 spiro atoms. The van der Waals surface area contributed by atoms with Crippen molar-refractivity contribution in [3.05, 3.63) is 60.0 Å². The zero-order valence-corrected chi connectivity index (χ0v) is 21.5. The molecule has 0 saturated carbocycles. The first-order valence-electron chi connectivity index (χ1n) is 11.9. The minimum atomic E-state index is -4.43. The SMILES string of the molecule is COc1cc2c(cc1B1OC(C)(C)C(C)(C)O1)c(NC(C)c1cccc(C(F)(F)F)c1)nc1cncn12. The number of halogens is 3. The van der Waals surface area contributed by atoms with E-state index in [1.165, 1.54) is 6.07 Å². The molecule has 0 bridgehead atoms. The number of hydrogen-bond donors (Lipinski definition) is 1. The second kappa shape index (κ2) is 8.63. The van der Waals surface area contributed by atoms with E-state index in [1.807, 2.05) is 44.2 Å². The lowest BCUT2D eigenvalue weighted by atomic mass is 9.77. The van der Waals surface area contributed by atoms with Crippen molar-refractivity contribution in [2.75, 3.05) is 12.4 Å². The summed E-state index contributed by atoms with van der Waals surface area (Å²) in [6.45, 7) is 9.69. The van der Waals surface area contributed by atoms with Crippen molar-refractivity contribution in [3.8, 4) is 5.75 Å². The average molecular weight is 512 g/mol. The van der Waals surface area contributed by atoms with Gasteiger partial charge in [-0.3, -0.25) is 4.40 Å². The van der Waals surface area contributed by atoms with Crippen LogP contribution in [0.4, 0.5) is 19.0 Å². The number of ether oxygens (including phenoxy) is 1. The summed E-state index contributed by atoms with van der Waals surface area (Å²) in [6, 6.07) is 8.57. The Kier molecular flexibility index (Phi) is 5.91. The molecule has 5 rings (SSSR count). The fraction of sp³-hybridized carbons (Fsp3) is 0.385. The molecule has 11 heteroatoms. The summed E-state index contributed by atoms with van der Waals surface area (Å²) in [5.41, 5.74) is 0.708. The fourth-order valence-corrected chi connectivity index (χ4v) is 4.42. The van der Waals surface area contributed by atoms with Gasteiger partial charge in [0.15, 0.2) is 5.65 Å². The van der Waals surface area contributed by atoms with E-state index in [-0.39, 0.29) is 0 Å². The van der Waals surface area contributed by atoms with Crippen LogP contribution in [-0.4, -0.2) is 39.8 Å². The van der Waals surface area contributed by atoms with Crippen LogP contribution in [0.15, 0.2) is 48.9 Å².